The van der Waals surface area contributed by atoms with Crippen LogP contribution in [-0.2, 0) is 14.8 Å². The van der Waals surface area contributed by atoms with Gasteiger partial charge in [-0.15, -0.1) is 0 Å². The van der Waals surface area contributed by atoms with Crippen LogP contribution in [0.15, 0.2) is 71.6 Å². The molecular formula is C26H29ClN2O3S. The summed E-state index contributed by atoms with van der Waals surface area (Å²) in [5, 5.41) is 3.44. The molecule has 5 nitrogen and oxygen atoms in total. The van der Waals surface area contributed by atoms with Crippen molar-refractivity contribution in [2.24, 2.45) is 0 Å². The highest BCUT2D eigenvalue weighted by molar-refractivity contribution is 7.92. The van der Waals surface area contributed by atoms with Gasteiger partial charge in [-0.3, -0.25) is 9.10 Å². The Kier molecular flexibility index (Phi) is 7.82. The van der Waals surface area contributed by atoms with Crippen molar-refractivity contribution in [3.8, 4) is 0 Å². The minimum absolute atomic E-state index is 0.110. The zero-order valence-electron chi connectivity index (χ0n) is 19.3. The molecule has 0 fully saturated rings. The van der Waals surface area contributed by atoms with E-state index in [1.165, 1.54) is 17.7 Å². The smallest absolute Gasteiger partial charge is 0.264 e. The molecule has 0 saturated heterocycles. The summed E-state index contributed by atoms with van der Waals surface area (Å²) in [4.78, 5) is 13.3. The average molecular weight is 485 g/mol. The van der Waals surface area contributed by atoms with Gasteiger partial charge in [0, 0.05) is 5.02 Å². The monoisotopic (exact) mass is 484 g/mol. The molecule has 1 amide bonds. The van der Waals surface area contributed by atoms with Crippen LogP contribution in [0.4, 0.5) is 5.69 Å². The first-order valence-corrected chi connectivity index (χ1v) is 12.7. The number of anilines is 1. The molecule has 7 heteroatoms. The Morgan fingerprint density at radius 3 is 2.30 bits per heavy atom. The summed E-state index contributed by atoms with van der Waals surface area (Å²) in [5.41, 5.74) is 4.28. The molecular weight excluding hydrogens is 456 g/mol. The fraction of sp³-hybridized carbons (Fsp3) is 0.269. The zero-order chi connectivity index (χ0) is 24.2. The molecule has 0 radical (unpaired) electrons. The van der Waals surface area contributed by atoms with Crippen LogP contribution in [0.5, 0.6) is 0 Å². The van der Waals surface area contributed by atoms with E-state index in [2.05, 4.69) is 11.4 Å². The largest absolute Gasteiger partial charge is 0.348 e. The molecule has 1 atom stereocenters. The normalized spacial score (nSPS) is 12.3. The summed E-state index contributed by atoms with van der Waals surface area (Å²) in [5.74, 6) is -0.390. The van der Waals surface area contributed by atoms with Gasteiger partial charge in [0.25, 0.3) is 10.0 Å². The summed E-state index contributed by atoms with van der Waals surface area (Å²) >= 11 is 6.28. The Labute approximate surface area is 201 Å². The van der Waals surface area contributed by atoms with E-state index in [9.17, 15) is 13.2 Å². The number of nitrogens with zero attached hydrogens (tertiary/aromatic N) is 1. The molecule has 0 aliphatic rings. The van der Waals surface area contributed by atoms with E-state index >= 15 is 0 Å². The highest BCUT2D eigenvalue weighted by atomic mass is 35.5. The van der Waals surface area contributed by atoms with Gasteiger partial charge in [-0.25, -0.2) is 8.42 Å². The van der Waals surface area contributed by atoms with Crippen molar-refractivity contribution in [2.75, 3.05) is 10.8 Å². The third-order valence-electron chi connectivity index (χ3n) is 5.80. The number of benzene rings is 3. The van der Waals surface area contributed by atoms with Gasteiger partial charge in [0.2, 0.25) is 5.91 Å². The van der Waals surface area contributed by atoms with E-state index in [4.69, 9.17) is 11.6 Å². The third-order valence-corrected chi connectivity index (χ3v) is 7.99. The van der Waals surface area contributed by atoms with Gasteiger partial charge in [-0.05, 0) is 73.7 Å². The number of halogens is 1. The highest BCUT2D eigenvalue weighted by Gasteiger charge is 2.29. The summed E-state index contributed by atoms with van der Waals surface area (Å²) in [6.45, 7) is 7.44. The first kappa shape index (κ1) is 24.8. The molecule has 0 aliphatic heterocycles. The van der Waals surface area contributed by atoms with Crippen LogP contribution in [0, 0.1) is 20.8 Å². The molecule has 0 aromatic heterocycles. The molecule has 0 spiro atoms. The van der Waals surface area contributed by atoms with Gasteiger partial charge < -0.3 is 5.32 Å². The van der Waals surface area contributed by atoms with Crippen molar-refractivity contribution in [1.29, 1.82) is 0 Å². The molecule has 3 aromatic rings. The predicted molar refractivity (Wildman–Crippen MR) is 134 cm³/mol. The first-order chi connectivity index (χ1) is 15.6. The average Bonchev–Trinajstić information content (AvgIpc) is 2.80. The van der Waals surface area contributed by atoms with Crippen molar-refractivity contribution < 1.29 is 13.2 Å². The van der Waals surface area contributed by atoms with Crippen molar-refractivity contribution in [2.45, 2.75) is 45.1 Å². The molecule has 1 N–H and O–H groups in total. The van der Waals surface area contributed by atoms with E-state index in [-0.39, 0.29) is 23.4 Å². The minimum atomic E-state index is -3.99. The second-order valence-corrected chi connectivity index (χ2v) is 10.4. The lowest BCUT2D eigenvalue weighted by Crippen LogP contribution is -2.42. The van der Waals surface area contributed by atoms with Gasteiger partial charge in [0.15, 0.2) is 0 Å². The lowest BCUT2D eigenvalue weighted by molar-refractivity contribution is -0.120. The Morgan fingerprint density at radius 2 is 1.67 bits per heavy atom. The van der Waals surface area contributed by atoms with Gasteiger partial charge in [-0.2, -0.15) is 0 Å². The van der Waals surface area contributed by atoms with Gasteiger partial charge in [-0.1, -0.05) is 61.0 Å². The quantitative estimate of drug-likeness (QED) is 0.444. The molecule has 33 heavy (non-hydrogen) atoms. The predicted octanol–water partition coefficient (Wildman–Crippen LogP) is 5.73. The summed E-state index contributed by atoms with van der Waals surface area (Å²) < 4.78 is 28.2. The summed E-state index contributed by atoms with van der Waals surface area (Å²) in [6.07, 6.45) is 0.676. The molecule has 1 unspecified atom stereocenters. The number of aryl methyl sites for hydroxylation is 2. The lowest BCUT2D eigenvalue weighted by atomic mass is 9.99. The molecule has 3 rings (SSSR count). The van der Waals surface area contributed by atoms with Crippen LogP contribution >= 0.6 is 11.6 Å². The van der Waals surface area contributed by atoms with Gasteiger partial charge >= 0.3 is 0 Å². The number of hydrogen-bond acceptors (Lipinski definition) is 3. The number of carbonyl (C=O) groups excluding carboxylic acids is 1. The van der Waals surface area contributed by atoms with Crippen molar-refractivity contribution in [1.82, 2.24) is 5.32 Å². The number of rotatable bonds is 8. The molecule has 174 valence electrons. The van der Waals surface area contributed by atoms with E-state index in [1.54, 1.807) is 43.3 Å². The van der Waals surface area contributed by atoms with Crippen molar-refractivity contribution in [3.63, 3.8) is 0 Å². The second kappa shape index (κ2) is 10.4. The van der Waals surface area contributed by atoms with Gasteiger partial charge in [0.05, 0.1) is 16.6 Å². The maximum absolute atomic E-state index is 13.5. The Balaban J connectivity index is 1.95. The van der Waals surface area contributed by atoms with Crippen molar-refractivity contribution >= 4 is 33.2 Å². The Hall–Kier alpha value is -2.83. The molecule has 0 aliphatic carbocycles. The zero-order valence-corrected chi connectivity index (χ0v) is 20.9. The fourth-order valence-corrected chi connectivity index (χ4v) is 5.33. The van der Waals surface area contributed by atoms with E-state index in [1.807, 2.05) is 32.9 Å². The van der Waals surface area contributed by atoms with Gasteiger partial charge in [0.1, 0.15) is 6.54 Å². The molecule has 0 bridgehead atoms. The SMILES string of the molecule is CCC(NC(=O)CN(c1cccc(Cl)c1C)S(=O)(=O)c1ccccc1)c1ccc(C)c(C)c1. The van der Waals surface area contributed by atoms with Crippen molar-refractivity contribution in [3.05, 3.63) is 94.0 Å². The second-order valence-electron chi connectivity index (χ2n) is 8.08. The van der Waals surface area contributed by atoms with Crippen LogP contribution in [-0.4, -0.2) is 20.9 Å². The van der Waals surface area contributed by atoms with E-state index < -0.39 is 10.0 Å². The number of carbonyl (C=O) groups is 1. The highest BCUT2D eigenvalue weighted by Crippen LogP contribution is 2.31. The summed E-state index contributed by atoms with van der Waals surface area (Å²) in [6, 6.07) is 19.0. The molecule has 3 aromatic carbocycles. The first-order valence-electron chi connectivity index (χ1n) is 10.8. The third kappa shape index (κ3) is 5.57. The standard InChI is InChI=1S/C26H29ClN2O3S/c1-5-24(21-15-14-18(2)19(3)16-21)28-26(30)17-29(25-13-9-12-23(27)20(25)4)33(31,32)22-10-7-6-8-11-22/h6-16,24H,5,17H2,1-4H3,(H,28,30). The van der Waals surface area contributed by atoms with Crippen LogP contribution < -0.4 is 9.62 Å². The number of hydrogen-bond donors (Lipinski definition) is 1. The number of amides is 1. The van der Waals surface area contributed by atoms with Crippen LogP contribution in [0.3, 0.4) is 0 Å². The van der Waals surface area contributed by atoms with E-state index in [0.717, 1.165) is 15.4 Å². The fourth-order valence-electron chi connectivity index (χ4n) is 3.66. The topological polar surface area (TPSA) is 66.5 Å². The lowest BCUT2D eigenvalue weighted by Gasteiger charge is -2.27. The maximum Gasteiger partial charge on any atom is 0.264 e. The number of sulfonamides is 1. The molecule has 0 saturated carbocycles. The number of nitrogens with one attached hydrogen (secondary N) is 1. The van der Waals surface area contributed by atoms with E-state index in [0.29, 0.717) is 22.7 Å². The van der Waals surface area contributed by atoms with Crippen LogP contribution in [0.1, 0.15) is 41.6 Å². The summed E-state index contributed by atoms with van der Waals surface area (Å²) in [7, 11) is -3.99. The molecule has 0 heterocycles. The Bertz CT molecular complexity index is 1240. The van der Waals surface area contributed by atoms with Crippen LogP contribution in [0.25, 0.3) is 0 Å². The minimum Gasteiger partial charge on any atom is -0.348 e. The van der Waals surface area contributed by atoms with Crippen LogP contribution in [0.2, 0.25) is 5.02 Å². The Morgan fingerprint density at radius 1 is 0.970 bits per heavy atom. The maximum atomic E-state index is 13.5.